The van der Waals surface area contributed by atoms with Crippen LogP contribution in [0.4, 0.5) is 0 Å². The van der Waals surface area contributed by atoms with Gasteiger partial charge >= 0.3 is 0 Å². The second-order valence-corrected chi connectivity index (χ2v) is 6.42. The lowest BCUT2D eigenvalue weighted by Crippen LogP contribution is -2.30. The summed E-state index contributed by atoms with van der Waals surface area (Å²) in [7, 11) is 0. The zero-order valence-corrected chi connectivity index (χ0v) is 14.9. The number of H-pyrrole nitrogens is 1. The third-order valence-electron chi connectivity index (χ3n) is 4.47. The SMILES string of the molecule is O=C(CCCn1cccn1)NC(c1ccccc1)c1nc2ccccc2[nH]1. The number of hydrogen-bond acceptors (Lipinski definition) is 3. The van der Waals surface area contributed by atoms with Gasteiger partial charge in [-0.2, -0.15) is 5.10 Å². The number of hydrogen-bond donors (Lipinski definition) is 2. The molecule has 1 atom stereocenters. The molecule has 2 N–H and O–H groups in total. The van der Waals surface area contributed by atoms with Crippen molar-refractivity contribution in [3.05, 3.63) is 84.4 Å². The number of nitrogens with one attached hydrogen (secondary N) is 2. The van der Waals surface area contributed by atoms with Crippen LogP contribution in [0.2, 0.25) is 0 Å². The van der Waals surface area contributed by atoms with Crippen molar-refractivity contribution in [1.82, 2.24) is 25.1 Å². The van der Waals surface area contributed by atoms with E-state index in [1.807, 2.05) is 71.5 Å². The number of para-hydroxylation sites is 2. The van der Waals surface area contributed by atoms with Crippen molar-refractivity contribution in [2.75, 3.05) is 0 Å². The zero-order chi connectivity index (χ0) is 18.5. The van der Waals surface area contributed by atoms with Crippen LogP contribution in [-0.4, -0.2) is 25.7 Å². The van der Waals surface area contributed by atoms with Gasteiger partial charge in [0.15, 0.2) is 0 Å². The van der Waals surface area contributed by atoms with E-state index in [4.69, 9.17) is 0 Å². The molecule has 0 aliphatic carbocycles. The molecule has 0 radical (unpaired) electrons. The van der Waals surface area contributed by atoms with Gasteiger partial charge < -0.3 is 10.3 Å². The van der Waals surface area contributed by atoms with Crippen molar-refractivity contribution in [2.45, 2.75) is 25.4 Å². The summed E-state index contributed by atoms with van der Waals surface area (Å²) in [4.78, 5) is 20.6. The van der Waals surface area contributed by atoms with Crippen molar-refractivity contribution in [2.24, 2.45) is 0 Å². The summed E-state index contributed by atoms with van der Waals surface area (Å²) in [5.41, 5.74) is 2.85. The smallest absolute Gasteiger partial charge is 0.220 e. The molecule has 0 fully saturated rings. The van der Waals surface area contributed by atoms with E-state index >= 15 is 0 Å². The van der Waals surface area contributed by atoms with Gasteiger partial charge in [0, 0.05) is 25.4 Å². The summed E-state index contributed by atoms with van der Waals surface area (Å²) in [6.45, 7) is 0.723. The Balaban J connectivity index is 1.50. The molecule has 4 rings (SSSR count). The Hall–Kier alpha value is -3.41. The molecule has 27 heavy (non-hydrogen) atoms. The lowest BCUT2D eigenvalue weighted by Gasteiger charge is -2.17. The minimum absolute atomic E-state index is 0.00327. The van der Waals surface area contributed by atoms with Crippen molar-refractivity contribution in [1.29, 1.82) is 0 Å². The summed E-state index contributed by atoms with van der Waals surface area (Å²) >= 11 is 0. The van der Waals surface area contributed by atoms with Gasteiger partial charge in [0.2, 0.25) is 5.91 Å². The van der Waals surface area contributed by atoms with Gasteiger partial charge in [-0.05, 0) is 30.2 Å². The van der Waals surface area contributed by atoms with Gasteiger partial charge in [0.1, 0.15) is 11.9 Å². The Labute approximate surface area is 157 Å². The number of nitrogens with zero attached hydrogens (tertiary/aromatic N) is 3. The standard InChI is InChI=1S/C21H21N5O/c27-19(12-6-14-26-15-7-13-22-26)25-20(16-8-2-1-3-9-16)21-23-17-10-4-5-11-18(17)24-21/h1-5,7-11,13,15,20H,6,12,14H2,(H,23,24)(H,25,27). The maximum absolute atomic E-state index is 12.6. The Morgan fingerprint density at radius 2 is 1.89 bits per heavy atom. The first-order chi connectivity index (χ1) is 13.3. The highest BCUT2D eigenvalue weighted by Crippen LogP contribution is 2.22. The first kappa shape index (κ1) is 17.0. The van der Waals surface area contributed by atoms with E-state index in [1.165, 1.54) is 0 Å². The van der Waals surface area contributed by atoms with Crippen molar-refractivity contribution in [3.63, 3.8) is 0 Å². The van der Waals surface area contributed by atoms with Crippen LogP contribution >= 0.6 is 0 Å². The van der Waals surface area contributed by atoms with E-state index in [0.29, 0.717) is 6.42 Å². The summed E-state index contributed by atoms with van der Waals surface area (Å²) in [5, 5.41) is 7.29. The molecule has 2 aromatic carbocycles. The van der Waals surface area contributed by atoms with E-state index in [-0.39, 0.29) is 11.9 Å². The van der Waals surface area contributed by atoms with Gasteiger partial charge in [-0.3, -0.25) is 9.48 Å². The van der Waals surface area contributed by atoms with Crippen LogP contribution in [0.15, 0.2) is 73.1 Å². The Kier molecular flexibility index (Phi) is 4.96. The van der Waals surface area contributed by atoms with Gasteiger partial charge in [-0.15, -0.1) is 0 Å². The van der Waals surface area contributed by atoms with E-state index in [0.717, 1.165) is 35.4 Å². The number of imidazole rings is 1. The van der Waals surface area contributed by atoms with Gasteiger partial charge in [0.05, 0.1) is 11.0 Å². The number of rotatable bonds is 7. The first-order valence-electron chi connectivity index (χ1n) is 9.06. The Morgan fingerprint density at radius 1 is 1.07 bits per heavy atom. The molecule has 1 amide bonds. The number of carbonyl (C=O) groups is 1. The van der Waals surface area contributed by atoms with Gasteiger partial charge in [-0.25, -0.2) is 4.98 Å². The summed E-state index contributed by atoms with van der Waals surface area (Å²) in [5.74, 6) is 0.735. The van der Waals surface area contributed by atoms with Crippen LogP contribution in [-0.2, 0) is 11.3 Å². The van der Waals surface area contributed by atoms with Crippen LogP contribution in [0, 0.1) is 0 Å². The first-order valence-corrected chi connectivity index (χ1v) is 9.06. The summed E-state index contributed by atoms with van der Waals surface area (Å²) < 4.78 is 1.83. The lowest BCUT2D eigenvalue weighted by molar-refractivity contribution is -0.121. The maximum Gasteiger partial charge on any atom is 0.220 e. The van der Waals surface area contributed by atoms with E-state index in [2.05, 4.69) is 20.4 Å². The molecular weight excluding hydrogens is 338 g/mol. The molecule has 0 saturated heterocycles. The predicted octanol–water partition coefficient (Wildman–Crippen LogP) is 3.45. The van der Waals surface area contributed by atoms with Crippen molar-refractivity contribution >= 4 is 16.9 Å². The molecule has 136 valence electrons. The Morgan fingerprint density at radius 3 is 2.67 bits per heavy atom. The molecule has 4 aromatic rings. The highest BCUT2D eigenvalue weighted by atomic mass is 16.1. The molecule has 0 aliphatic heterocycles. The molecule has 0 bridgehead atoms. The number of aromatic nitrogens is 4. The molecule has 2 aromatic heterocycles. The zero-order valence-electron chi connectivity index (χ0n) is 14.9. The highest BCUT2D eigenvalue weighted by Gasteiger charge is 2.20. The number of amides is 1. The molecule has 0 spiro atoms. The fraction of sp³-hybridized carbons (Fsp3) is 0.190. The topological polar surface area (TPSA) is 75.6 Å². The fourth-order valence-electron chi connectivity index (χ4n) is 3.13. The molecule has 2 heterocycles. The number of aromatic amines is 1. The fourth-order valence-corrected chi connectivity index (χ4v) is 3.13. The second-order valence-electron chi connectivity index (χ2n) is 6.42. The van der Waals surface area contributed by atoms with Crippen LogP contribution in [0.25, 0.3) is 11.0 Å². The van der Waals surface area contributed by atoms with E-state index in [9.17, 15) is 4.79 Å². The van der Waals surface area contributed by atoms with Crippen LogP contribution < -0.4 is 5.32 Å². The normalized spacial score (nSPS) is 12.1. The third kappa shape index (κ3) is 4.06. The van der Waals surface area contributed by atoms with E-state index < -0.39 is 0 Å². The molecule has 6 heteroatoms. The summed E-state index contributed by atoms with van der Waals surface area (Å²) in [6.07, 6.45) is 4.81. The van der Waals surface area contributed by atoms with Gasteiger partial charge in [0.25, 0.3) is 0 Å². The quantitative estimate of drug-likeness (QED) is 0.531. The monoisotopic (exact) mass is 359 g/mol. The van der Waals surface area contributed by atoms with Crippen LogP contribution in [0.1, 0.15) is 30.3 Å². The molecule has 1 unspecified atom stereocenters. The number of carbonyl (C=O) groups excluding carboxylic acids is 1. The lowest BCUT2D eigenvalue weighted by atomic mass is 10.1. The van der Waals surface area contributed by atoms with Gasteiger partial charge in [-0.1, -0.05) is 42.5 Å². The van der Waals surface area contributed by atoms with Crippen LogP contribution in [0.5, 0.6) is 0 Å². The average molecular weight is 359 g/mol. The van der Waals surface area contributed by atoms with Crippen molar-refractivity contribution < 1.29 is 4.79 Å². The third-order valence-corrected chi connectivity index (χ3v) is 4.47. The van der Waals surface area contributed by atoms with Crippen LogP contribution in [0.3, 0.4) is 0 Å². The number of benzene rings is 2. The minimum atomic E-state index is -0.309. The Bertz CT molecular complexity index is 974. The molecule has 0 saturated carbocycles. The minimum Gasteiger partial charge on any atom is -0.342 e. The van der Waals surface area contributed by atoms with E-state index in [1.54, 1.807) is 6.20 Å². The second kappa shape index (κ2) is 7.86. The maximum atomic E-state index is 12.6. The number of aryl methyl sites for hydroxylation is 1. The highest BCUT2D eigenvalue weighted by molar-refractivity contribution is 5.78. The average Bonchev–Trinajstić information content (AvgIpc) is 3.36. The number of fused-ring (bicyclic) bond motifs is 1. The largest absolute Gasteiger partial charge is 0.342 e. The molecular formula is C21H21N5O. The van der Waals surface area contributed by atoms with Crippen molar-refractivity contribution in [3.8, 4) is 0 Å². The predicted molar refractivity (Wildman–Crippen MR) is 104 cm³/mol. The summed E-state index contributed by atoms with van der Waals surface area (Å²) in [6, 6.07) is 19.3. The molecule has 6 nitrogen and oxygen atoms in total. The molecule has 0 aliphatic rings.